The van der Waals surface area contributed by atoms with Crippen LogP contribution in [0.4, 0.5) is 0 Å². The van der Waals surface area contributed by atoms with Crippen LogP contribution in [0.15, 0.2) is 71.0 Å². The first-order valence-electron chi connectivity index (χ1n) is 10.6. The number of nitrogens with zero attached hydrogens (tertiary/aromatic N) is 1. The topological polar surface area (TPSA) is 101 Å². The van der Waals surface area contributed by atoms with Crippen LogP contribution in [-0.4, -0.2) is 29.0 Å². The van der Waals surface area contributed by atoms with Crippen molar-refractivity contribution in [2.45, 2.75) is 6.54 Å². The van der Waals surface area contributed by atoms with E-state index in [2.05, 4.69) is 15.3 Å². The highest BCUT2D eigenvalue weighted by atomic mass is 35.5. The quantitative estimate of drug-likeness (QED) is 0.322. The second-order valence-electron chi connectivity index (χ2n) is 7.73. The number of amides is 1. The summed E-state index contributed by atoms with van der Waals surface area (Å²) >= 11 is 7.98. The number of carbonyl (C=O) groups excluding carboxylic acids is 2. The summed E-state index contributed by atoms with van der Waals surface area (Å²) in [4.78, 5) is 46.3. The van der Waals surface area contributed by atoms with Gasteiger partial charge in [-0.15, -0.1) is 11.3 Å². The highest BCUT2D eigenvalue weighted by Gasteiger charge is 2.22. The van der Waals surface area contributed by atoms with Crippen molar-refractivity contribution in [1.82, 2.24) is 15.3 Å². The lowest BCUT2D eigenvalue weighted by Gasteiger charge is -2.14. The van der Waals surface area contributed by atoms with E-state index >= 15 is 0 Å². The van der Waals surface area contributed by atoms with E-state index in [1.54, 1.807) is 29.8 Å². The largest absolute Gasteiger partial charge is 0.464 e. The van der Waals surface area contributed by atoms with Crippen molar-refractivity contribution < 1.29 is 14.3 Å². The summed E-state index contributed by atoms with van der Waals surface area (Å²) in [5, 5.41) is 3.50. The lowest BCUT2D eigenvalue weighted by molar-refractivity contribution is 0.0592. The molecule has 0 spiro atoms. The number of benzene rings is 3. The van der Waals surface area contributed by atoms with Gasteiger partial charge in [0.25, 0.3) is 5.91 Å². The average molecular weight is 504 g/mol. The second-order valence-corrected chi connectivity index (χ2v) is 9.02. The van der Waals surface area contributed by atoms with E-state index in [9.17, 15) is 14.4 Å². The Morgan fingerprint density at radius 3 is 2.69 bits per heavy atom. The number of aromatic amines is 1. The van der Waals surface area contributed by atoms with Crippen LogP contribution in [0.2, 0.25) is 5.02 Å². The Morgan fingerprint density at radius 2 is 1.91 bits per heavy atom. The minimum atomic E-state index is -0.726. The van der Waals surface area contributed by atoms with E-state index in [0.29, 0.717) is 32.6 Å². The fourth-order valence-corrected chi connectivity index (χ4v) is 4.90. The molecule has 35 heavy (non-hydrogen) atoms. The number of ether oxygens (including phenoxy) is 1. The average Bonchev–Trinajstić information content (AvgIpc) is 3.35. The third-order valence-corrected chi connectivity index (χ3v) is 6.82. The summed E-state index contributed by atoms with van der Waals surface area (Å²) in [5.74, 6) is -1.12. The van der Waals surface area contributed by atoms with Crippen LogP contribution < -0.4 is 10.7 Å². The number of hydrogen-bond donors (Lipinski definition) is 2. The number of hydrogen-bond acceptors (Lipinski definition) is 6. The van der Waals surface area contributed by atoms with Gasteiger partial charge in [-0.1, -0.05) is 41.9 Å². The number of rotatable bonds is 5. The van der Waals surface area contributed by atoms with Crippen LogP contribution in [0.3, 0.4) is 0 Å². The standard InChI is InChI=1S/C26H18ClN3O4S/c1-34-26(33)23-17(12-28-25(32)15-7-10-20-19(11-15)29-13-35-20)24(31)16-8-9-18(27)21(22(16)30-23)14-5-3-2-4-6-14/h2-11,13H,12H2,1H3,(H,28,32)(H,30,31). The van der Waals surface area contributed by atoms with Gasteiger partial charge in [-0.3, -0.25) is 9.59 Å². The molecular weight excluding hydrogens is 486 g/mol. The van der Waals surface area contributed by atoms with Gasteiger partial charge in [0.2, 0.25) is 0 Å². The molecule has 174 valence electrons. The van der Waals surface area contributed by atoms with E-state index in [-0.39, 0.29) is 17.8 Å². The van der Waals surface area contributed by atoms with Crippen molar-refractivity contribution in [3.63, 3.8) is 0 Å². The van der Waals surface area contributed by atoms with Crippen molar-refractivity contribution in [3.8, 4) is 11.1 Å². The van der Waals surface area contributed by atoms with Crippen molar-refractivity contribution in [2.24, 2.45) is 0 Å². The molecule has 2 heterocycles. The molecule has 0 aliphatic carbocycles. The predicted molar refractivity (Wildman–Crippen MR) is 137 cm³/mol. The van der Waals surface area contributed by atoms with Gasteiger partial charge in [0.1, 0.15) is 5.69 Å². The zero-order valence-electron chi connectivity index (χ0n) is 18.4. The second kappa shape index (κ2) is 9.32. The van der Waals surface area contributed by atoms with E-state index < -0.39 is 17.3 Å². The number of H-pyrrole nitrogens is 1. The maximum absolute atomic E-state index is 13.5. The Kier molecular flexibility index (Phi) is 6.07. The Morgan fingerprint density at radius 1 is 1.11 bits per heavy atom. The van der Waals surface area contributed by atoms with Crippen LogP contribution in [0.25, 0.3) is 32.2 Å². The SMILES string of the molecule is COC(=O)c1[nH]c2c(-c3ccccc3)c(Cl)ccc2c(=O)c1CNC(=O)c1ccc2scnc2c1. The van der Waals surface area contributed by atoms with E-state index in [4.69, 9.17) is 16.3 Å². The lowest BCUT2D eigenvalue weighted by atomic mass is 9.99. The molecule has 0 aliphatic heterocycles. The number of methoxy groups -OCH3 is 1. The highest BCUT2D eigenvalue weighted by Crippen LogP contribution is 2.33. The molecule has 0 radical (unpaired) electrons. The number of thiazole rings is 1. The van der Waals surface area contributed by atoms with Crippen LogP contribution >= 0.6 is 22.9 Å². The molecule has 0 saturated carbocycles. The minimum absolute atomic E-state index is 0.0419. The van der Waals surface area contributed by atoms with Gasteiger partial charge in [0, 0.05) is 23.1 Å². The van der Waals surface area contributed by atoms with Crippen LogP contribution in [0.1, 0.15) is 26.4 Å². The molecule has 9 heteroatoms. The molecule has 7 nitrogen and oxygen atoms in total. The molecule has 0 aliphatic rings. The Labute approximate surface area is 208 Å². The summed E-state index contributed by atoms with van der Waals surface area (Å²) < 4.78 is 5.89. The maximum Gasteiger partial charge on any atom is 0.354 e. The molecule has 2 aromatic heterocycles. The van der Waals surface area contributed by atoms with E-state index in [1.165, 1.54) is 18.4 Å². The molecule has 3 aromatic carbocycles. The zero-order valence-corrected chi connectivity index (χ0v) is 20.0. The summed E-state index contributed by atoms with van der Waals surface area (Å²) in [6, 6.07) is 17.8. The molecule has 0 unspecified atom stereocenters. The summed E-state index contributed by atoms with van der Waals surface area (Å²) in [5.41, 5.74) is 4.27. The molecule has 5 rings (SSSR count). The summed E-state index contributed by atoms with van der Waals surface area (Å²) in [6.45, 7) is -0.174. The molecule has 0 atom stereocenters. The fraction of sp³-hybridized carbons (Fsp3) is 0.0769. The number of aromatic nitrogens is 2. The van der Waals surface area contributed by atoms with E-state index in [1.807, 2.05) is 36.4 Å². The molecule has 2 N–H and O–H groups in total. The number of esters is 1. The number of nitrogens with one attached hydrogen (secondary N) is 2. The van der Waals surface area contributed by atoms with Gasteiger partial charge >= 0.3 is 5.97 Å². The monoisotopic (exact) mass is 503 g/mol. The van der Waals surface area contributed by atoms with Crippen molar-refractivity contribution >= 4 is 55.9 Å². The normalized spacial score (nSPS) is 11.0. The lowest BCUT2D eigenvalue weighted by Crippen LogP contribution is -2.29. The van der Waals surface area contributed by atoms with Gasteiger partial charge in [-0.05, 0) is 35.9 Å². The number of halogens is 1. The van der Waals surface area contributed by atoms with Crippen LogP contribution in [0, 0.1) is 0 Å². The molecule has 0 fully saturated rings. The first-order chi connectivity index (χ1) is 17.0. The fourth-order valence-electron chi connectivity index (χ4n) is 3.97. The van der Waals surface area contributed by atoms with Gasteiger partial charge < -0.3 is 15.0 Å². The number of pyridine rings is 1. The molecule has 1 amide bonds. The zero-order chi connectivity index (χ0) is 24.5. The van der Waals surface area contributed by atoms with Crippen molar-refractivity contribution in [2.75, 3.05) is 7.11 Å². The molecular formula is C26H18ClN3O4S. The van der Waals surface area contributed by atoms with Crippen molar-refractivity contribution in [1.29, 1.82) is 0 Å². The van der Waals surface area contributed by atoms with Gasteiger partial charge in [0.15, 0.2) is 5.43 Å². The van der Waals surface area contributed by atoms with E-state index in [0.717, 1.165) is 10.3 Å². The highest BCUT2D eigenvalue weighted by molar-refractivity contribution is 7.16. The molecule has 0 bridgehead atoms. The summed E-state index contributed by atoms with van der Waals surface area (Å²) in [6.07, 6.45) is 0. The summed E-state index contributed by atoms with van der Waals surface area (Å²) in [7, 11) is 1.23. The predicted octanol–water partition coefficient (Wildman–Crippen LogP) is 5.17. The minimum Gasteiger partial charge on any atom is -0.464 e. The Hall–Kier alpha value is -4.01. The first kappa shape index (κ1) is 22.8. The van der Waals surface area contributed by atoms with Gasteiger partial charge in [-0.2, -0.15) is 0 Å². The number of carbonyl (C=O) groups is 2. The Bertz CT molecular complexity index is 1660. The van der Waals surface area contributed by atoms with Crippen LogP contribution in [0.5, 0.6) is 0 Å². The molecule has 5 aromatic rings. The van der Waals surface area contributed by atoms with Crippen molar-refractivity contribution in [3.05, 3.63) is 98.2 Å². The third kappa shape index (κ3) is 4.18. The first-order valence-corrected chi connectivity index (χ1v) is 11.9. The van der Waals surface area contributed by atoms with Crippen LogP contribution in [-0.2, 0) is 11.3 Å². The Balaban J connectivity index is 1.58. The third-order valence-electron chi connectivity index (χ3n) is 5.70. The van der Waals surface area contributed by atoms with Gasteiger partial charge in [0.05, 0.1) is 38.9 Å². The maximum atomic E-state index is 13.5. The smallest absolute Gasteiger partial charge is 0.354 e. The number of fused-ring (bicyclic) bond motifs is 2. The molecule has 0 saturated heterocycles. The van der Waals surface area contributed by atoms with Gasteiger partial charge in [-0.25, -0.2) is 9.78 Å².